The van der Waals surface area contributed by atoms with Gasteiger partial charge in [0.05, 0.1) is 62.4 Å². The molecule has 1 aliphatic carbocycles. The minimum Gasteiger partial charge on any atom is -0.464 e. The van der Waals surface area contributed by atoms with Crippen molar-refractivity contribution in [2.75, 3.05) is 34.0 Å². The molecule has 388 valence electrons. The number of rotatable bonds is 12. The molecule has 0 aromatic rings. The number of hydrogen-bond donors (Lipinski definition) is 2. The van der Waals surface area contributed by atoms with E-state index in [4.69, 9.17) is 56.8 Å². The van der Waals surface area contributed by atoms with Crippen molar-refractivity contribution in [3.63, 3.8) is 0 Å². The second kappa shape index (κ2) is 22.9. The summed E-state index contributed by atoms with van der Waals surface area (Å²) in [5, 5.41) is 23.8. The van der Waals surface area contributed by atoms with Gasteiger partial charge in [0.15, 0.2) is 18.4 Å². The fraction of sp³-hybridized carbons (Fsp3) is 0.788. The third-order valence-corrected chi connectivity index (χ3v) is 15.5. The van der Waals surface area contributed by atoms with Gasteiger partial charge < -0.3 is 67.1 Å². The smallest absolute Gasteiger partial charge is 0.332 e. The maximum atomic E-state index is 14.4. The van der Waals surface area contributed by atoms with Crippen LogP contribution >= 0.6 is 0 Å². The molecule has 5 unspecified atom stereocenters. The molecule has 0 saturated carbocycles. The van der Waals surface area contributed by atoms with Crippen molar-refractivity contribution in [1.82, 2.24) is 0 Å². The Kier molecular flexibility index (Phi) is 17.9. The van der Waals surface area contributed by atoms with Gasteiger partial charge in [0, 0.05) is 51.7 Å². The Hall–Kier alpha value is -2.91. The molecule has 1 spiro atoms. The van der Waals surface area contributed by atoms with Crippen LogP contribution in [0.5, 0.6) is 0 Å². The molecule has 5 fully saturated rings. The molecule has 0 aromatic carbocycles. The van der Waals surface area contributed by atoms with E-state index in [2.05, 4.69) is 19.9 Å². The summed E-state index contributed by atoms with van der Waals surface area (Å²) < 4.78 is 75.2. The van der Waals surface area contributed by atoms with Crippen molar-refractivity contribution in [1.29, 1.82) is 0 Å². The summed E-state index contributed by atoms with van der Waals surface area (Å²) in [5.41, 5.74) is -0.0741. The highest BCUT2D eigenvalue weighted by Gasteiger charge is 2.60. The number of fused-ring (bicyclic) bond motifs is 2. The van der Waals surface area contributed by atoms with Crippen molar-refractivity contribution in [3.8, 4) is 0 Å². The van der Waals surface area contributed by atoms with E-state index in [1.54, 1.807) is 40.2 Å². The third kappa shape index (κ3) is 11.7. The van der Waals surface area contributed by atoms with E-state index < -0.39 is 115 Å². The minimum atomic E-state index is -1.90. The van der Waals surface area contributed by atoms with Crippen LogP contribution in [0.25, 0.3) is 0 Å². The van der Waals surface area contributed by atoms with Crippen LogP contribution in [0.2, 0.25) is 0 Å². The second-order valence-corrected chi connectivity index (χ2v) is 20.4. The monoisotopic (exact) mass is 975 g/mol. The van der Waals surface area contributed by atoms with Gasteiger partial charge in [-0.05, 0) is 63.7 Å². The van der Waals surface area contributed by atoms with Crippen LogP contribution in [0.4, 0.5) is 0 Å². The first-order chi connectivity index (χ1) is 32.8. The van der Waals surface area contributed by atoms with E-state index >= 15 is 0 Å². The number of Topliss-reactive ketones (excluding diaryl/α,β-unsaturated/α-hetero) is 1. The minimum absolute atomic E-state index is 0.00940. The van der Waals surface area contributed by atoms with E-state index in [9.17, 15) is 24.6 Å². The van der Waals surface area contributed by atoms with Gasteiger partial charge in [0.2, 0.25) is 0 Å². The summed E-state index contributed by atoms with van der Waals surface area (Å²) in [6.45, 7) is 17.3. The number of carbonyl (C=O) groups is 3. The standard InChI is InChI=1S/C52H78O17/c1-12-27(3)46-31(7)38(53)24-51(69-46)23-36-20-35(68-51)18-17-29(5)45(28(4)15-14-16-34-25-62-49-44(55)30(6)19-37(50(56)65-36)52(34,49)57)66-42-22-40(59-11)48(33(9)64-42)67-43-21-39(58-10)47(32(8)63-43)61-26-41(54)60-13-2/h14-17,19,27-28,31-33,35-37,39-40,42-49,55,57H,12-13,18,20-26H2,1-11H3/b15-14+,29-17+,34-16+/t27?,28-,31-,32-,33-,35+,36-,37?,39-,40-,42-,43-,44+,45?,46+,47-,48?,49+,51-,52?/m0/s1. The first-order valence-corrected chi connectivity index (χ1v) is 25.1. The van der Waals surface area contributed by atoms with Crippen molar-refractivity contribution < 1.29 is 81.4 Å². The molecule has 6 aliphatic heterocycles. The molecule has 17 nitrogen and oxygen atoms in total. The van der Waals surface area contributed by atoms with E-state index in [1.165, 1.54) is 0 Å². The number of esters is 2. The van der Waals surface area contributed by atoms with Crippen LogP contribution in [-0.2, 0) is 71.2 Å². The van der Waals surface area contributed by atoms with Gasteiger partial charge in [-0.15, -0.1) is 0 Å². The lowest BCUT2D eigenvalue weighted by molar-refractivity contribution is -0.330. The zero-order valence-corrected chi connectivity index (χ0v) is 42.4. The largest absolute Gasteiger partial charge is 0.464 e. The number of aliphatic hydroxyl groups is 2. The van der Waals surface area contributed by atoms with Crippen LogP contribution in [-0.4, -0.2) is 159 Å². The number of carbonyl (C=O) groups excluding carboxylic acids is 3. The highest BCUT2D eigenvalue weighted by molar-refractivity contribution is 5.83. The van der Waals surface area contributed by atoms with E-state index in [1.807, 2.05) is 46.8 Å². The van der Waals surface area contributed by atoms with E-state index in [0.717, 1.165) is 12.0 Å². The first kappa shape index (κ1) is 53.9. The molecule has 20 atom stereocenters. The molecule has 0 radical (unpaired) electrons. The van der Waals surface area contributed by atoms with Gasteiger partial charge in [-0.25, -0.2) is 4.79 Å². The number of ether oxygens (including phenoxy) is 12. The number of allylic oxidation sites excluding steroid dienone is 2. The summed E-state index contributed by atoms with van der Waals surface area (Å²) in [5.74, 6) is -4.09. The zero-order chi connectivity index (χ0) is 49.9. The number of methoxy groups -OCH3 is 2. The Bertz CT molecular complexity index is 1930. The summed E-state index contributed by atoms with van der Waals surface area (Å²) in [6.07, 6.45) is 2.93. The van der Waals surface area contributed by atoms with Crippen LogP contribution < -0.4 is 0 Å². The van der Waals surface area contributed by atoms with Gasteiger partial charge in [0.25, 0.3) is 0 Å². The normalized spacial score (nSPS) is 45.5. The molecule has 6 heterocycles. The molecule has 5 saturated heterocycles. The van der Waals surface area contributed by atoms with Crippen molar-refractivity contribution in [3.05, 3.63) is 47.1 Å². The Morgan fingerprint density at radius 3 is 2.28 bits per heavy atom. The molecule has 7 aliphatic rings. The molecule has 2 N–H and O–H groups in total. The fourth-order valence-corrected chi connectivity index (χ4v) is 11.4. The Labute approximate surface area is 407 Å². The summed E-state index contributed by atoms with van der Waals surface area (Å²) >= 11 is 0. The molecular weight excluding hydrogens is 897 g/mol. The number of ketones is 1. The van der Waals surface area contributed by atoms with Gasteiger partial charge in [0.1, 0.15) is 54.4 Å². The predicted molar refractivity (Wildman–Crippen MR) is 248 cm³/mol. The molecule has 0 aromatic heterocycles. The van der Waals surface area contributed by atoms with Gasteiger partial charge in [-0.3, -0.25) is 9.59 Å². The van der Waals surface area contributed by atoms with E-state index in [0.29, 0.717) is 36.8 Å². The maximum Gasteiger partial charge on any atom is 0.332 e. The maximum absolute atomic E-state index is 14.4. The van der Waals surface area contributed by atoms with Crippen molar-refractivity contribution in [2.24, 2.45) is 23.7 Å². The van der Waals surface area contributed by atoms with Crippen LogP contribution in [0, 0.1) is 23.7 Å². The third-order valence-electron chi connectivity index (χ3n) is 15.5. The second-order valence-electron chi connectivity index (χ2n) is 20.4. The predicted octanol–water partition coefficient (Wildman–Crippen LogP) is 5.37. The molecule has 0 amide bonds. The van der Waals surface area contributed by atoms with Gasteiger partial charge in [-0.2, -0.15) is 0 Å². The molecule has 7 rings (SSSR count). The van der Waals surface area contributed by atoms with Crippen LogP contribution in [0.3, 0.4) is 0 Å². The lowest BCUT2D eigenvalue weighted by Crippen LogP contribution is -2.59. The zero-order valence-electron chi connectivity index (χ0n) is 42.4. The highest BCUT2D eigenvalue weighted by atomic mass is 16.7. The van der Waals surface area contributed by atoms with Crippen molar-refractivity contribution >= 4 is 17.7 Å². The van der Waals surface area contributed by atoms with Crippen LogP contribution in [0.15, 0.2) is 47.1 Å². The lowest BCUT2D eigenvalue weighted by Gasteiger charge is -2.50. The Morgan fingerprint density at radius 2 is 1.59 bits per heavy atom. The van der Waals surface area contributed by atoms with Crippen LogP contribution in [0.1, 0.15) is 107 Å². The van der Waals surface area contributed by atoms with Crippen molar-refractivity contribution in [2.45, 2.75) is 204 Å². The summed E-state index contributed by atoms with van der Waals surface area (Å²) in [7, 11) is 3.22. The molecular formula is C52H78O17. The topological polar surface area (TPSA) is 202 Å². The Morgan fingerprint density at radius 1 is 0.913 bits per heavy atom. The average molecular weight is 975 g/mol. The molecule has 69 heavy (non-hydrogen) atoms. The summed E-state index contributed by atoms with van der Waals surface area (Å²) in [6, 6.07) is 0. The SMILES string of the molecule is CCOC(=O)CO[C@H]1[C@H](C)O[C@@H](OC2[C@H](C)O[C@@H](OC3/C(C)=C/C[C@@H]4C[C@@H](C[C@]5(CC(=O)[C@H](C)[C@@H](C(C)CC)O5)O4)OC(=O)C4C=C(C)[C@@H](O)[C@H]5OC/C(=C\C=C\[C@@H]3C)C45O)C[C@@H]2OC)C[C@@H]1OC. The highest BCUT2D eigenvalue weighted by Crippen LogP contribution is 2.48. The Balaban J connectivity index is 1.14. The molecule has 2 bridgehead atoms. The first-order valence-electron chi connectivity index (χ1n) is 25.1. The molecule has 17 heteroatoms. The fourth-order valence-electron chi connectivity index (χ4n) is 11.4. The van der Waals surface area contributed by atoms with E-state index in [-0.39, 0.29) is 56.2 Å². The van der Waals surface area contributed by atoms with Gasteiger partial charge in [-0.1, -0.05) is 64.5 Å². The summed E-state index contributed by atoms with van der Waals surface area (Å²) in [4.78, 5) is 40.2. The average Bonchev–Trinajstić information content (AvgIpc) is 3.65. The number of hydrogen-bond acceptors (Lipinski definition) is 17. The number of aliphatic hydroxyl groups excluding tert-OH is 1. The van der Waals surface area contributed by atoms with Gasteiger partial charge >= 0.3 is 11.9 Å². The quantitative estimate of drug-likeness (QED) is 0.187. The lowest BCUT2D eigenvalue weighted by atomic mass is 9.71.